The highest BCUT2D eigenvalue weighted by atomic mass is 35.5. The molecule has 0 spiro atoms. The number of amides is 1. The summed E-state index contributed by atoms with van der Waals surface area (Å²) in [6.07, 6.45) is 10.1. The van der Waals surface area contributed by atoms with Crippen LogP contribution in [0.15, 0.2) is 60.2 Å². The number of piperazine rings is 1. The van der Waals surface area contributed by atoms with Crippen LogP contribution in [0.25, 0.3) is 0 Å². The molecular formula is C23H27ClFN3O. The van der Waals surface area contributed by atoms with Gasteiger partial charge in [-0.05, 0) is 56.3 Å². The first kappa shape index (κ1) is 20.3. The third-order valence-electron chi connectivity index (χ3n) is 6.02. The fourth-order valence-corrected chi connectivity index (χ4v) is 4.46. The van der Waals surface area contributed by atoms with E-state index in [0.717, 1.165) is 38.3 Å². The van der Waals surface area contributed by atoms with Crippen molar-refractivity contribution >= 4 is 23.2 Å². The fourth-order valence-electron chi connectivity index (χ4n) is 4.33. The molecule has 0 N–H and O–H groups in total. The maximum absolute atomic E-state index is 16.2. The van der Waals surface area contributed by atoms with Crippen LogP contribution < -0.4 is 4.90 Å². The molecule has 0 saturated carbocycles. The highest BCUT2D eigenvalue weighted by Crippen LogP contribution is 2.34. The maximum atomic E-state index is 16.2. The number of carbonyl (C=O) groups is 1. The molecule has 0 radical (unpaired) electrons. The van der Waals surface area contributed by atoms with Crippen LogP contribution in [-0.4, -0.2) is 67.2 Å². The monoisotopic (exact) mass is 415 g/mol. The molecular weight excluding hydrogens is 389 g/mol. The summed E-state index contributed by atoms with van der Waals surface area (Å²) >= 11 is 5.98. The summed E-state index contributed by atoms with van der Waals surface area (Å²) in [6.45, 7) is 4.11. The fraction of sp³-hybridized carbons (Fsp3) is 0.435. The molecule has 1 aromatic carbocycles. The minimum atomic E-state index is -1.68. The largest absolute Gasteiger partial charge is 0.309 e. The minimum absolute atomic E-state index is 0.115. The van der Waals surface area contributed by atoms with Gasteiger partial charge < -0.3 is 9.80 Å². The van der Waals surface area contributed by atoms with Crippen molar-refractivity contribution in [3.8, 4) is 0 Å². The molecule has 1 amide bonds. The Morgan fingerprint density at radius 1 is 1.10 bits per heavy atom. The molecule has 154 valence electrons. The Balaban J connectivity index is 1.58. The molecule has 2 unspecified atom stereocenters. The van der Waals surface area contributed by atoms with Crippen molar-refractivity contribution in [1.82, 2.24) is 9.80 Å². The number of anilines is 1. The maximum Gasteiger partial charge on any atom is 0.253 e. The van der Waals surface area contributed by atoms with Crippen LogP contribution in [0.5, 0.6) is 0 Å². The number of hydrogen-bond donors (Lipinski definition) is 0. The summed E-state index contributed by atoms with van der Waals surface area (Å²) < 4.78 is 16.2. The summed E-state index contributed by atoms with van der Waals surface area (Å²) in [5, 5.41) is 0.630. The molecule has 2 saturated heterocycles. The summed E-state index contributed by atoms with van der Waals surface area (Å²) in [7, 11) is 2.09. The molecule has 29 heavy (non-hydrogen) atoms. The van der Waals surface area contributed by atoms with Crippen LogP contribution in [0.1, 0.15) is 12.8 Å². The Bertz CT molecular complexity index is 842. The topological polar surface area (TPSA) is 26.8 Å². The number of benzene rings is 1. The second-order valence-electron chi connectivity index (χ2n) is 8.06. The van der Waals surface area contributed by atoms with Gasteiger partial charge in [-0.2, -0.15) is 0 Å². The van der Waals surface area contributed by atoms with E-state index in [9.17, 15) is 4.79 Å². The van der Waals surface area contributed by atoms with Gasteiger partial charge in [0.2, 0.25) is 0 Å². The van der Waals surface area contributed by atoms with Crippen LogP contribution in [0.3, 0.4) is 0 Å². The first-order chi connectivity index (χ1) is 14.0. The number of likely N-dealkylation sites (N-methyl/N-ethyl adjacent to an activating group) is 1. The summed E-state index contributed by atoms with van der Waals surface area (Å²) in [4.78, 5) is 19.3. The number of allylic oxidation sites excluding steroid dienone is 2. The van der Waals surface area contributed by atoms with E-state index in [-0.39, 0.29) is 11.9 Å². The number of rotatable bonds is 3. The third-order valence-corrected chi connectivity index (χ3v) is 6.27. The van der Waals surface area contributed by atoms with Gasteiger partial charge in [-0.3, -0.25) is 9.69 Å². The molecule has 0 bridgehead atoms. The molecule has 6 heteroatoms. The first-order valence-electron chi connectivity index (χ1n) is 10.2. The van der Waals surface area contributed by atoms with E-state index in [1.807, 2.05) is 24.3 Å². The lowest BCUT2D eigenvalue weighted by molar-refractivity contribution is -0.116. The smallest absolute Gasteiger partial charge is 0.253 e. The van der Waals surface area contributed by atoms with Crippen molar-refractivity contribution in [2.75, 3.05) is 44.7 Å². The molecule has 0 aromatic heterocycles. The van der Waals surface area contributed by atoms with Crippen molar-refractivity contribution in [1.29, 1.82) is 0 Å². The Morgan fingerprint density at radius 3 is 2.55 bits per heavy atom. The molecule has 3 aliphatic rings. The molecule has 4 rings (SSSR count). The Hall–Kier alpha value is -1.95. The third kappa shape index (κ3) is 4.32. The first-order valence-corrected chi connectivity index (χ1v) is 10.6. The molecule has 2 aliphatic heterocycles. The van der Waals surface area contributed by atoms with Gasteiger partial charge in [-0.15, -0.1) is 0 Å². The van der Waals surface area contributed by atoms with Crippen LogP contribution in [0.2, 0.25) is 5.02 Å². The number of piperidine rings is 1. The summed E-state index contributed by atoms with van der Waals surface area (Å²) in [5.74, 6) is -0.115. The molecule has 2 fully saturated rings. The summed E-state index contributed by atoms with van der Waals surface area (Å²) in [5.41, 5.74) is -0.334. The van der Waals surface area contributed by atoms with E-state index in [0.29, 0.717) is 23.6 Å². The van der Waals surface area contributed by atoms with Crippen molar-refractivity contribution < 1.29 is 9.18 Å². The van der Waals surface area contributed by atoms with Crippen LogP contribution in [0.4, 0.5) is 10.1 Å². The zero-order chi connectivity index (χ0) is 20.4. The normalized spacial score (nSPS) is 30.3. The SMILES string of the molecule is CN1CCN(C2C=CC=CC2(F)C=C2CCCN(c3ccc(Cl)cc3)C2=O)CC1. The van der Waals surface area contributed by atoms with Gasteiger partial charge in [-0.1, -0.05) is 29.8 Å². The van der Waals surface area contributed by atoms with Crippen molar-refractivity contribution in [3.63, 3.8) is 0 Å². The van der Waals surface area contributed by atoms with Gasteiger partial charge in [0.05, 0.1) is 6.04 Å². The lowest BCUT2D eigenvalue weighted by Crippen LogP contribution is -2.55. The van der Waals surface area contributed by atoms with Crippen molar-refractivity contribution in [3.05, 3.63) is 65.2 Å². The number of halogens is 2. The number of carbonyl (C=O) groups excluding carboxylic acids is 1. The van der Waals surface area contributed by atoms with E-state index in [4.69, 9.17) is 11.6 Å². The summed E-state index contributed by atoms with van der Waals surface area (Å²) in [6, 6.07) is 6.84. The number of hydrogen-bond acceptors (Lipinski definition) is 3. The van der Waals surface area contributed by atoms with Crippen LogP contribution in [-0.2, 0) is 4.79 Å². The van der Waals surface area contributed by atoms with Gasteiger partial charge in [0.15, 0.2) is 5.67 Å². The van der Waals surface area contributed by atoms with Gasteiger partial charge in [0.25, 0.3) is 5.91 Å². The van der Waals surface area contributed by atoms with E-state index >= 15 is 4.39 Å². The predicted molar refractivity (Wildman–Crippen MR) is 116 cm³/mol. The Morgan fingerprint density at radius 2 is 1.83 bits per heavy atom. The molecule has 1 aromatic rings. The number of nitrogens with zero attached hydrogens (tertiary/aromatic N) is 3. The molecule has 2 atom stereocenters. The second kappa shape index (κ2) is 8.42. The lowest BCUT2D eigenvalue weighted by Gasteiger charge is -2.42. The lowest BCUT2D eigenvalue weighted by atomic mass is 9.86. The van der Waals surface area contributed by atoms with Gasteiger partial charge in [0, 0.05) is 49.0 Å². The quantitative estimate of drug-likeness (QED) is 0.702. The van der Waals surface area contributed by atoms with E-state index in [1.165, 1.54) is 0 Å². The molecule has 2 heterocycles. The van der Waals surface area contributed by atoms with E-state index in [2.05, 4.69) is 16.8 Å². The minimum Gasteiger partial charge on any atom is -0.309 e. The van der Waals surface area contributed by atoms with Gasteiger partial charge >= 0.3 is 0 Å². The standard InChI is InChI=1S/C23H27ClFN3O/c1-26-13-15-27(16-14-26)21-6-2-3-11-23(21,25)17-18-5-4-12-28(22(18)29)20-9-7-19(24)8-10-20/h2-3,6-11,17,21H,4-5,12-16H2,1H3. The van der Waals surface area contributed by atoms with Crippen LogP contribution in [0, 0.1) is 0 Å². The van der Waals surface area contributed by atoms with E-state index < -0.39 is 5.67 Å². The Labute approximate surface area is 176 Å². The Kier molecular flexibility index (Phi) is 5.91. The molecule has 4 nitrogen and oxygen atoms in total. The average Bonchev–Trinajstić information content (AvgIpc) is 2.71. The van der Waals surface area contributed by atoms with Crippen LogP contribution >= 0.6 is 11.6 Å². The highest BCUT2D eigenvalue weighted by molar-refractivity contribution is 6.30. The second-order valence-corrected chi connectivity index (χ2v) is 8.50. The van der Waals surface area contributed by atoms with E-state index in [1.54, 1.807) is 35.3 Å². The average molecular weight is 416 g/mol. The van der Waals surface area contributed by atoms with Crippen molar-refractivity contribution in [2.45, 2.75) is 24.6 Å². The zero-order valence-corrected chi connectivity index (χ0v) is 17.5. The molecule has 1 aliphatic carbocycles. The van der Waals surface area contributed by atoms with Crippen molar-refractivity contribution in [2.24, 2.45) is 0 Å². The van der Waals surface area contributed by atoms with Gasteiger partial charge in [0.1, 0.15) is 0 Å². The van der Waals surface area contributed by atoms with Gasteiger partial charge in [-0.25, -0.2) is 4.39 Å². The highest BCUT2D eigenvalue weighted by Gasteiger charge is 2.40. The predicted octanol–water partition coefficient (Wildman–Crippen LogP) is 3.84. The zero-order valence-electron chi connectivity index (χ0n) is 16.7. The number of alkyl halides is 1.